The Labute approximate surface area is 122 Å². The minimum absolute atomic E-state index is 0.0166. The minimum Gasteiger partial charge on any atom is -0.337 e. The van der Waals surface area contributed by atoms with E-state index >= 15 is 0 Å². The summed E-state index contributed by atoms with van der Waals surface area (Å²) in [6.07, 6.45) is 0. The summed E-state index contributed by atoms with van der Waals surface area (Å²) < 4.78 is 0. The molecule has 2 rings (SSSR count). The number of amides is 2. The van der Waals surface area contributed by atoms with E-state index in [4.69, 9.17) is 0 Å². The predicted molar refractivity (Wildman–Crippen MR) is 81.8 cm³/mol. The standard InChI is InChI=1S/C15H16N2O2S/c1-2-4-14(18)16-13-6-3-5-12(11-13)15(19)17-7-9-20-10-8-17/h3,5-6,11H,7-10H2,1H3,(H,16,18). The van der Waals surface area contributed by atoms with E-state index in [1.165, 1.54) is 0 Å². The lowest BCUT2D eigenvalue weighted by Crippen LogP contribution is -2.37. The number of hydrogen-bond acceptors (Lipinski definition) is 3. The van der Waals surface area contributed by atoms with Gasteiger partial charge in [0.1, 0.15) is 0 Å². The van der Waals surface area contributed by atoms with Gasteiger partial charge in [-0.1, -0.05) is 12.0 Å². The van der Waals surface area contributed by atoms with Gasteiger partial charge in [-0.15, -0.1) is 0 Å². The molecule has 1 saturated heterocycles. The van der Waals surface area contributed by atoms with Gasteiger partial charge in [-0.2, -0.15) is 11.8 Å². The van der Waals surface area contributed by atoms with Gasteiger partial charge >= 0.3 is 0 Å². The molecule has 1 fully saturated rings. The third-order valence-electron chi connectivity index (χ3n) is 2.90. The van der Waals surface area contributed by atoms with Crippen molar-refractivity contribution in [3.05, 3.63) is 29.8 Å². The third-order valence-corrected chi connectivity index (χ3v) is 3.85. The van der Waals surface area contributed by atoms with Gasteiger partial charge in [0.15, 0.2) is 0 Å². The Bertz CT molecular complexity index is 569. The molecule has 1 aliphatic rings. The van der Waals surface area contributed by atoms with Crippen molar-refractivity contribution in [2.45, 2.75) is 6.92 Å². The number of hydrogen-bond donors (Lipinski definition) is 1. The zero-order chi connectivity index (χ0) is 14.4. The molecule has 104 valence electrons. The molecule has 20 heavy (non-hydrogen) atoms. The van der Waals surface area contributed by atoms with Crippen LogP contribution in [0.1, 0.15) is 17.3 Å². The van der Waals surface area contributed by atoms with Crippen molar-refractivity contribution in [2.24, 2.45) is 0 Å². The third kappa shape index (κ3) is 3.78. The van der Waals surface area contributed by atoms with Crippen molar-refractivity contribution in [3.8, 4) is 11.8 Å². The lowest BCUT2D eigenvalue weighted by Gasteiger charge is -2.26. The van der Waals surface area contributed by atoms with Gasteiger partial charge in [0, 0.05) is 35.8 Å². The van der Waals surface area contributed by atoms with Crippen molar-refractivity contribution in [1.29, 1.82) is 0 Å². The van der Waals surface area contributed by atoms with Crippen LogP contribution in [0.15, 0.2) is 24.3 Å². The van der Waals surface area contributed by atoms with Gasteiger partial charge in [0.05, 0.1) is 0 Å². The summed E-state index contributed by atoms with van der Waals surface area (Å²) >= 11 is 1.86. The quantitative estimate of drug-likeness (QED) is 0.845. The van der Waals surface area contributed by atoms with Crippen LogP contribution in [0.5, 0.6) is 0 Å². The SMILES string of the molecule is CC#CC(=O)Nc1cccc(C(=O)N2CCSCC2)c1. The number of nitrogens with zero attached hydrogens (tertiary/aromatic N) is 1. The van der Waals surface area contributed by atoms with Crippen LogP contribution in [0.2, 0.25) is 0 Å². The number of rotatable bonds is 2. The van der Waals surface area contributed by atoms with E-state index in [1.54, 1.807) is 31.2 Å². The molecule has 0 spiro atoms. The van der Waals surface area contributed by atoms with Crippen LogP contribution in [-0.4, -0.2) is 41.3 Å². The van der Waals surface area contributed by atoms with Gasteiger partial charge < -0.3 is 10.2 Å². The average molecular weight is 288 g/mol. The van der Waals surface area contributed by atoms with Crippen LogP contribution >= 0.6 is 11.8 Å². The molecule has 5 heteroatoms. The topological polar surface area (TPSA) is 49.4 Å². The van der Waals surface area contributed by atoms with E-state index in [0.29, 0.717) is 11.3 Å². The number of anilines is 1. The fourth-order valence-electron chi connectivity index (χ4n) is 1.95. The maximum absolute atomic E-state index is 12.3. The minimum atomic E-state index is -0.369. The number of thioether (sulfide) groups is 1. The number of benzene rings is 1. The fraction of sp³-hybridized carbons (Fsp3) is 0.333. The Morgan fingerprint density at radius 1 is 1.30 bits per heavy atom. The van der Waals surface area contributed by atoms with Crippen LogP contribution in [-0.2, 0) is 4.79 Å². The number of carbonyl (C=O) groups excluding carboxylic acids is 2. The molecule has 0 aliphatic carbocycles. The van der Waals surface area contributed by atoms with E-state index in [1.807, 2.05) is 16.7 Å². The van der Waals surface area contributed by atoms with E-state index in [2.05, 4.69) is 17.2 Å². The zero-order valence-electron chi connectivity index (χ0n) is 11.3. The lowest BCUT2D eigenvalue weighted by molar-refractivity contribution is -0.111. The van der Waals surface area contributed by atoms with Crippen molar-refractivity contribution >= 4 is 29.3 Å². The predicted octanol–water partition coefficient (Wildman–Crippen LogP) is 1.84. The molecule has 1 aromatic rings. The molecule has 1 heterocycles. The molecular weight excluding hydrogens is 272 g/mol. The summed E-state index contributed by atoms with van der Waals surface area (Å²) in [5.41, 5.74) is 1.19. The lowest BCUT2D eigenvalue weighted by atomic mass is 10.1. The molecule has 4 nitrogen and oxygen atoms in total. The first kappa shape index (κ1) is 14.5. The van der Waals surface area contributed by atoms with Gasteiger partial charge in [0.25, 0.3) is 11.8 Å². The van der Waals surface area contributed by atoms with Crippen LogP contribution in [0.4, 0.5) is 5.69 Å². The molecule has 0 radical (unpaired) electrons. The molecule has 0 saturated carbocycles. The number of nitrogens with one attached hydrogen (secondary N) is 1. The number of carbonyl (C=O) groups is 2. The van der Waals surface area contributed by atoms with Gasteiger partial charge in [-0.25, -0.2) is 0 Å². The second-order valence-corrected chi connectivity index (χ2v) is 5.54. The molecule has 1 aliphatic heterocycles. The summed E-state index contributed by atoms with van der Waals surface area (Å²) in [5.74, 6) is 6.55. The Balaban J connectivity index is 2.09. The van der Waals surface area contributed by atoms with E-state index in [9.17, 15) is 9.59 Å². The average Bonchev–Trinajstić information content (AvgIpc) is 2.48. The van der Waals surface area contributed by atoms with E-state index < -0.39 is 0 Å². The van der Waals surface area contributed by atoms with Crippen LogP contribution in [0, 0.1) is 11.8 Å². The van der Waals surface area contributed by atoms with Gasteiger partial charge in [0.2, 0.25) is 0 Å². The normalized spacial score (nSPS) is 14.2. The van der Waals surface area contributed by atoms with Gasteiger partial charge in [-0.3, -0.25) is 9.59 Å². The fourth-order valence-corrected chi connectivity index (χ4v) is 2.86. The van der Waals surface area contributed by atoms with Crippen LogP contribution in [0.3, 0.4) is 0 Å². The molecule has 0 bridgehead atoms. The van der Waals surface area contributed by atoms with Crippen molar-refractivity contribution in [3.63, 3.8) is 0 Å². The van der Waals surface area contributed by atoms with Gasteiger partial charge in [-0.05, 0) is 31.0 Å². The second kappa shape index (κ2) is 7.01. The summed E-state index contributed by atoms with van der Waals surface area (Å²) in [5, 5.41) is 2.65. The first-order chi connectivity index (χ1) is 9.70. The first-order valence-corrected chi connectivity index (χ1v) is 7.57. The zero-order valence-corrected chi connectivity index (χ0v) is 12.1. The molecular formula is C15H16N2O2S. The molecule has 1 aromatic carbocycles. The van der Waals surface area contributed by atoms with Crippen molar-refractivity contribution in [2.75, 3.05) is 29.9 Å². The van der Waals surface area contributed by atoms with Crippen molar-refractivity contribution in [1.82, 2.24) is 4.90 Å². The largest absolute Gasteiger partial charge is 0.337 e. The van der Waals surface area contributed by atoms with E-state index in [0.717, 1.165) is 24.6 Å². The van der Waals surface area contributed by atoms with E-state index in [-0.39, 0.29) is 11.8 Å². The Kier molecular flexibility index (Phi) is 5.08. The highest BCUT2D eigenvalue weighted by Gasteiger charge is 2.18. The van der Waals surface area contributed by atoms with Crippen molar-refractivity contribution < 1.29 is 9.59 Å². The Morgan fingerprint density at radius 3 is 2.75 bits per heavy atom. The summed E-state index contributed by atoms with van der Waals surface area (Å²) in [6.45, 7) is 3.16. The smallest absolute Gasteiger partial charge is 0.300 e. The summed E-state index contributed by atoms with van der Waals surface area (Å²) in [4.78, 5) is 25.6. The maximum atomic E-state index is 12.3. The monoisotopic (exact) mass is 288 g/mol. The second-order valence-electron chi connectivity index (χ2n) is 4.31. The Hall–Kier alpha value is -1.93. The molecule has 0 unspecified atom stereocenters. The Morgan fingerprint density at radius 2 is 2.05 bits per heavy atom. The summed E-state index contributed by atoms with van der Waals surface area (Å²) in [7, 11) is 0. The highest BCUT2D eigenvalue weighted by Crippen LogP contribution is 2.16. The van der Waals surface area contributed by atoms with Crippen LogP contribution in [0.25, 0.3) is 0 Å². The molecule has 0 atom stereocenters. The molecule has 0 aromatic heterocycles. The van der Waals surface area contributed by atoms with Crippen LogP contribution < -0.4 is 5.32 Å². The highest BCUT2D eigenvalue weighted by atomic mass is 32.2. The summed E-state index contributed by atoms with van der Waals surface area (Å²) in [6, 6.07) is 6.98. The molecule has 1 N–H and O–H groups in total. The highest BCUT2D eigenvalue weighted by molar-refractivity contribution is 7.99. The first-order valence-electron chi connectivity index (χ1n) is 6.41. The molecule has 2 amide bonds. The maximum Gasteiger partial charge on any atom is 0.300 e.